The summed E-state index contributed by atoms with van der Waals surface area (Å²) in [4.78, 5) is 17.9. The molecule has 146 valence electrons. The molecule has 1 aliphatic rings. The number of guanidine groups is 1. The summed E-state index contributed by atoms with van der Waals surface area (Å²) in [7, 11) is 3.27. The maximum Gasteiger partial charge on any atom is 0.305 e. The molecule has 0 saturated carbocycles. The molecule has 1 aromatic heterocycles. The molecule has 0 amide bonds. The second-order valence-corrected chi connectivity index (χ2v) is 7.52. The van der Waals surface area contributed by atoms with Gasteiger partial charge in [-0.1, -0.05) is 12.8 Å². The van der Waals surface area contributed by atoms with Gasteiger partial charge in [-0.25, -0.2) is 0 Å². The number of esters is 1. The van der Waals surface area contributed by atoms with Crippen LogP contribution in [-0.2, 0) is 9.53 Å². The van der Waals surface area contributed by atoms with E-state index in [2.05, 4.69) is 42.8 Å². The van der Waals surface area contributed by atoms with E-state index in [1.165, 1.54) is 12.1 Å². The number of aliphatic imine (C=N–C) groups is 1. The third kappa shape index (κ3) is 7.23. The summed E-state index contributed by atoms with van der Waals surface area (Å²) in [5.41, 5.74) is 0. The predicted octanol–water partition coefficient (Wildman–Crippen LogP) is 3.01. The van der Waals surface area contributed by atoms with Crippen molar-refractivity contribution in [3.63, 3.8) is 0 Å². The minimum atomic E-state index is -0.113. The highest BCUT2D eigenvalue weighted by molar-refractivity contribution is 7.14. The van der Waals surface area contributed by atoms with Crippen molar-refractivity contribution in [2.75, 3.05) is 38.7 Å². The fraction of sp³-hybridized carbons (Fsp3) is 0.684. The highest BCUT2D eigenvalue weighted by Crippen LogP contribution is 2.24. The number of carbonyl (C=O) groups is 1. The van der Waals surface area contributed by atoms with E-state index in [-0.39, 0.29) is 5.97 Å². The molecule has 0 bridgehead atoms. The van der Waals surface area contributed by atoms with Crippen molar-refractivity contribution in [2.45, 2.75) is 51.0 Å². The van der Waals surface area contributed by atoms with Gasteiger partial charge in [-0.15, -0.1) is 11.3 Å². The first kappa shape index (κ1) is 20.6. The number of anilines is 1. The molecular formula is C19H32N4O2S. The molecule has 1 aromatic rings. The number of nitrogens with zero attached hydrogens (tertiary/aromatic N) is 2. The van der Waals surface area contributed by atoms with Crippen LogP contribution in [0.5, 0.6) is 0 Å². The molecule has 0 aromatic carbocycles. The second kappa shape index (κ2) is 11.8. The van der Waals surface area contributed by atoms with E-state index in [0.717, 1.165) is 64.1 Å². The van der Waals surface area contributed by atoms with E-state index >= 15 is 0 Å². The molecule has 7 heteroatoms. The van der Waals surface area contributed by atoms with Crippen molar-refractivity contribution in [2.24, 2.45) is 4.99 Å². The summed E-state index contributed by atoms with van der Waals surface area (Å²) < 4.78 is 4.65. The molecule has 6 nitrogen and oxygen atoms in total. The van der Waals surface area contributed by atoms with Gasteiger partial charge in [0, 0.05) is 39.1 Å². The monoisotopic (exact) mass is 380 g/mol. The normalized spacial score (nSPS) is 15.8. The van der Waals surface area contributed by atoms with Crippen LogP contribution in [0.15, 0.2) is 22.5 Å². The highest BCUT2D eigenvalue weighted by atomic mass is 32.1. The van der Waals surface area contributed by atoms with Gasteiger partial charge in [0.15, 0.2) is 5.96 Å². The lowest BCUT2D eigenvalue weighted by Crippen LogP contribution is -2.48. The van der Waals surface area contributed by atoms with Gasteiger partial charge in [-0.2, -0.15) is 0 Å². The van der Waals surface area contributed by atoms with Crippen molar-refractivity contribution >= 4 is 28.3 Å². The molecule has 2 heterocycles. The molecular weight excluding hydrogens is 348 g/mol. The molecule has 0 spiro atoms. The summed E-state index contributed by atoms with van der Waals surface area (Å²) in [6, 6.07) is 4.80. The van der Waals surface area contributed by atoms with Gasteiger partial charge in [0.25, 0.3) is 0 Å². The number of hydrogen-bond donors (Lipinski definition) is 2. The Morgan fingerprint density at radius 1 is 1.31 bits per heavy atom. The topological polar surface area (TPSA) is 66.0 Å². The van der Waals surface area contributed by atoms with Crippen LogP contribution in [0.4, 0.5) is 5.00 Å². The van der Waals surface area contributed by atoms with Gasteiger partial charge in [-0.3, -0.25) is 9.79 Å². The zero-order valence-corrected chi connectivity index (χ0v) is 16.8. The van der Waals surface area contributed by atoms with Crippen LogP contribution < -0.4 is 15.5 Å². The summed E-state index contributed by atoms with van der Waals surface area (Å²) in [6.07, 6.45) is 6.95. The number of ether oxygens (including phenoxy) is 1. The van der Waals surface area contributed by atoms with E-state index in [1.54, 1.807) is 0 Å². The van der Waals surface area contributed by atoms with Gasteiger partial charge < -0.3 is 20.3 Å². The third-order valence-electron chi connectivity index (χ3n) is 4.71. The summed E-state index contributed by atoms with van der Waals surface area (Å²) in [6.45, 7) is 3.09. The Balaban J connectivity index is 1.55. The van der Waals surface area contributed by atoms with Gasteiger partial charge in [-0.05, 0) is 43.2 Å². The maximum atomic E-state index is 11.0. The summed E-state index contributed by atoms with van der Waals surface area (Å²) >= 11 is 1.81. The van der Waals surface area contributed by atoms with Crippen LogP contribution >= 0.6 is 11.3 Å². The molecule has 26 heavy (non-hydrogen) atoms. The van der Waals surface area contributed by atoms with Crippen molar-refractivity contribution in [1.82, 2.24) is 10.6 Å². The van der Waals surface area contributed by atoms with Crippen molar-refractivity contribution in [1.29, 1.82) is 0 Å². The smallest absolute Gasteiger partial charge is 0.305 e. The first-order valence-electron chi connectivity index (χ1n) is 9.55. The first-order chi connectivity index (χ1) is 12.7. The van der Waals surface area contributed by atoms with Crippen molar-refractivity contribution < 1.29 is 9.53 Å². The van der Waals surface area contributed by atoms with Crippen LogP contribution in [0, 0.1) is 0 Å². The Labute approximate surface area is 161 Å². The zero-order chi connectivity index (χ0) is 18.6. The molecule has 2 N–H and O–H groups in total. The lowest BCUT2D eigenvalue weighted by atomic mass is 10.1. The Morgan fingerprint density at radius 3 is 2.73 bits per heavy atom. The standard InChI is InChI=1S/C19H32N4O2S/c1-20-19(21-12-6-4-3-5-9-18(24)25-2)22-16-10-13-23(14-11-16)17-8-7-15-26-17/h7-8,15-16H,3-6,9-14H2,1-2H3,(H2,20,21,22). The molecule has 0 aliphatic carbocycles. The van der Waals surface area contributed by atoms with E-state index in [1.807, 2.05) is 18.4 Å². The number of unbranched alkanes of at least 4 members (excludes halogenated alkanes) is 3. The van der Waals surface area contributed by atoms with Crippen LogP contribution in [-0.4, -0.2) is 51.8 Å². The predicted molar refractivity (Wildman–Crippen MR) is 109 cm³/mol. The van der Waals surface area contributed by atoms with Gasteiger partial charge in [0.05, 0.1) is 12.1 Å². The summed E-state index contributed by atoms with van der Waals surface area (Å²) in [5, 5.41) is 10.5. The third-order valence-corrected chi connectivity index (χ3v) is 5.63. The SMILES string of the molecule is CN=C(NCCCCCCC(=O)OC)NC1CCN(c2cccs2)CC1. The fourth-order valence-electron chi connectivity index (χ4n) is 3.14. The molecule has 1 aliphatic heterocycles. The van der Waals surface area contributed by atoms with E-state index < -0.39 is 0 Å². The lowest BCUT2D eigenvalue weighted by Gasteiger charge is -2.33. The van der Waals surface area contributed by atoms with Crippen LogP contribution in [0.1, 0.15) is 44.9 Å². The second-order valence-electron chi connectivity index (χ2n) is 6.60. The lowest BCUT2D eigenvalue weighted by molar-refractivity contribution is -0.140. The average Bonchev–Trinajstić information content (AvgIpc) is 3.21. The van der Waals surface area contributed by atoms with Gasteiger partial charge >= 0.3 is 5.97 Å². The Hall–Kier alpha value is -1.76. The number of piperidine rings is 1. The van der Waals surface area contributed by atoms with Crippen molar-refractivity contribution in [3.05, 3.63) is 17.5 Å². The number of rotatable bonds is 9. The van der Waals surface area contributed by atoms with Crippen molar-refractivity contribution in [3.8, 4) is 0 Å². The zero-order valence-electron chi connectivity index (χ0n) is 16.0. The molecule has 2 rings (SSSR count). The number of nitrogens with one attached hydrogen (secondary N) is 2. The molecule has 1 saturated heterocycles. The van der Waals surface area contributed by atoms with E-state index in [0.29, 0.717) is 12.5 Å². The Morgan fingerprint density at radius 2 is 2.08 bits per heavy atom. The fourth-order valence-corrected chi connectivity index (χ4v) is 3.92. The van der Waals surface area contributed by atoms with Gasteiger partial charge in [0.1, 0.15) is 0 Å². The van der Waals surface area contributed by atoms with Crippen LogP contribution in [0.25, 0.3) is 0 Å². The van der Waals surface area contributed by atoms with E-state index in [4.69, 9.17) is 0 Å². The minimum absolute atomic E-state index is 0.113. The number of thiophene rings is 1. The largest absolute Gasteiger partial charge is 0.469 e. The molecule has 0 atom stereocenters. The Kier molecular flexibility index (Phi) is 9.31. The summed E-state index contributed by atoms with van der Waals surface area (Å²) in [5.74, 6) is 0.784. The average molecular weight is 381 g/mol. The maximum absolute atomic E-state index is 11.0. The molecule has 1 fully saturated rings. The number of hydrogen-bond acceptors (Lipinski definition) is 5. The minimum Gasteiger partial charge on any atom is -0.469 e. The highest BCUT2D eigenvalue weighted by Gasteiger charge is 2.20. The van der Waals surface area contributed by atoms with E-state index in [9.17, 15) is 4.79 Å². The van der Waals surface area contributed by atoms with Crippen LogP contribution in [0.3, 0.4) is 0 Å². The van der Waals surface area contributed by atoms with Crippen LogP contribution in [0.2, 0.25) is 0 Å². The Bertz CT molecular complexity index is 540. The van der Waals surface area contributed by atoms with Gasteiger partial charge in [0.2, 0.25) is 0 Å². The molecule has 0 unspecified atom stereocenters. The molecule has 0 radical (unpaired) electrons. The number of carbonyl (C=O) groups excluding carboxylic acids is 1. The first-order valence-corrected chi connectivity index (χ1v) is 10.4. The number of methoxy groups -OCH3 is 1. The quantitative estimate of drug-likeness (QED) is 0.298.